The fourth-order valence-electron chi connectivity index (χ4n) is 1.68. The third kappa shape index (κ3) is 5.07. The van der Waals surface area contributed by atoms with E-state index in [1.165, 1.54) is 19.1 Å². The Balaban J connectivity index is 2.93. The molecule has 0 atom stereocenters. The summed E-state index contributed by atoms with van der Waals surface area (Å²) in [6.45, 7) is 4.44. The average Bonchev–Trinajstić information content (AvgIpc) is 2.39. The van der Waals surface area contributed by atoms with E-state index in [-0.39, 0.29) is 24.0 Å². The molecule has 120 valence electrons. The van der Waals surface area contributed by atoms with Gasteiger partial charge in [-0.15, -0.1) is 6.58 Å². The van der Waals surface area contributed by atoms with Crippen molar-refractivity contribution < 1.29 is 22.8 Å². The fourth-order valence-corrected chi connectivity index (χ4v) is 1.86. The number of amides is 2. The monoisotopic (exact) mass is 334 g/mol. The summed E-state index contributed by atoms with van der Waals surface area (Å²) in [5, 5.41) is 2.05. The first-order valence-corrected chi connectivity index (χ1v) is 6.56. The molecule has 1 N–H and O–H groups in total. The van der Waals surface area contributed by atoms with Crippen molar-refractivity contribution in [2.75, 3.05) is 18.4 Å². The molecule has 0 fully saturated rings. The Morgan fingerprint density at radius 2 is 2.05 bits per heavy atom. The van der Waals surface area contributed by atoms with E-state index in [2.05, 4.69) is 11.9 Å². The molecular formula is C14H14ClF3N2O2. The van der Waals surface area contributed by atoms with E-state index in [0.717, 1.165) is 17.0 Å². The zero-order valence-corrected chi connectivity index (χ0v) is 12.5. The summed E-state index contributed by atoms with van der Waals surface area (Å²) in [6.07, 6.45) is -3.24. The molecule has 1 rings (SSSR count). The third-order valence-corrected chi connectivity index (χ3v) is 2.93. The van der Waals surface area contributed by atoms with Crippen molar-refractivity contribution in [3.63, 3.8) is 0 Å². The average molecular weight is 335 g/mol. The predicted octanol–water partition coefficient (Wildman–Crippen LogP) is 3.33. The second kappa shape index (κ2) is 7.31. The number of alkyl halides is 3. The number of nitrogens with one attached hydrogen (secondary N) is 1. The van der Waals surface area contributed by atoms with Gasteiger partial charge in [-0.05, 0) is 18.2 Å². The van der Waals surface area contributed by atoms with Crippen LogP contribution in [0.4, 0.5) is 18.9 Å². The van der Waals surface area contributed by atoms with Crippen molar-refractivity contribution in [1.82, 2.24) is 4.90 Å². The number of anilines is 1. The molecule has 8 heteroatoms. The summed E-state index contributed by atoms with van der Waals surface area (Å²) in [4.78, 5) is 24.3. The highest BCUT2D eigenvalue weighted by Crippen LogP contribution is 2.36. The van der Waals surface area contributed by atoms with E-state index in [4.69, 9.17) is 11.6 Å². The molecule has 0 bridgehead atoms. The SMILES string of the molecule is C=CCN(CC(=O)Nc1ccc(Cl)cc1C(F)(F)F)C(C)=O. The van der Waals surface area contributed by atoms with Crippen LogP contribution in [0.3, 0.4) is 0 Å². The van der Waals surface area contributed by atoms with Gasteiger partial charge in [0.2, 0.25) is 11.8 Å². The smallest absolute Gasteiger partial charge is 0.330 e. The van der Waals surface area contributed by atoms with Crippen molar-refractivity contribution in [2.45, 2.75) is 13.1 Å². The van der Waals surface area contributed by atoms with Crippen LogP contribution < -0.4 is 5.32 Å². The zero-order chi connectivity index (χ0) is 16.9. The lowest BCUT2D eigenvalue weighted by molar-refractivity contribution is -0.137. The van der Waals surface area contributed by atoms with Gasteiger partial charge in [0.05, 0.1) is 11.3 Å². The van der Waals surface area contributed by atoms with Crippen molar-refractivity contribution in [3.8, 4) is 0 Å². The Hall–Kier alpha value is -2.02. The Bertz CT molecular complexity index is 588. The molecule has 0 aromatic heterocycles. The van der Waals surface area contributed by atoms with Crippen LogP contribution in [-0.2, 0) is 15.8 Å². The van der Waals surface area contributed by atoms with Crippen LogP contribution in [0.1, 0.15) is 12.5 Å². The predicted molar refractivity (Wildman–Crippen MR) is 77.5 cm³/mol. The minimum atomic E-state index is -4.66. The van der Waals surface area contributed by atoms with Gasteiger partial charge in [-0.2, -0.15) is 13.2 Å². The molecule has 0 aliphatic heterocycles. The highest BCUT2D eigenvalue weighted by Gasteiger charge is 2.34. The molecule has 0 heterocycles. The Morgan fingerprint density at radius 1 is 1.41 bits per heavy atom. The number of carbonyl (C=O) groups is 2. The molecule has 0 aliphatic carbocycles. The summed E-state index contributed by atoms with van der Waals surface area (Å²) in [5.74, 6) is -1.13. The van der Waals surface area contributed by atoms with E-state index in [1.807, 2.05) is 0 Å². The maximum atomic E-state index is 12.9. The maximum Gasteiger partial charge on any atom is 0.418 e. The first-order valence-electron chi connectivity index (χ1n) is 6.18. The molecule has 22 heavy (non-hydrogen) atoms. The molecule has 4 nitrogen and oxygen atoms in total. The van der Waals surface area contributed by atoms with Crippen molar-refractivity contribution in [3.05, 3.63) is 41.4 Å². The van der Waals surface area contributed by atoms with E-state index >= 15 is 0 Å². The van der Waals surface area contributed by atoms with Crippen molar-refractivity contribution in [1.29, 1.82) is 0 Å². The Labute approximate surface area is 130 Å². The molecule has 0 unspecified atom stereocenters. The number of halogens is 4. The van der Waals surface area contributed by atoms with Gasteiger partial charge in [0.15, 0.2) is 0 Å². The van der Waals surface area contributed by atoms with Gasteiger partial charge in [0, 0.05) is 18.5 Å². The lowest BCUT2D eigenvalue weighted by Gasteiger charge is -2.19. The van der Waals surface area contributed by atoms with Gasteiger partial charge in [0.1, 0.15) is 6.54 Å². The van der Waals surface area contributed by atoms with Crippen LogP contribution in [-0.4, -0.2) is 29.8 Å². The molecule has 0 saturated carbocycles. The molecule has 1 aromatic carbocycles. The van der Waals surface area contributed by atoms with Crippen LogP contribution in [0.2, 0.25) is 5.02 Å². The summed E-state index contributed by atoms with van der Waals surface area (Å²) in [5.41, 5.74) is -1.46. The van der Waals surface area contributed by atoms with E-state index in [0.29, 0.717) is 0 Å². The first-order chi connectivity index (χ1) is 10.1. The second-order valence-electron chi connectivity index (χ2n) is 4.42. The van der Waals surface area contributed by atoms with Gasteiger partial charge in [-0.25, -0.2) is 0 Å². The Morgan fingerprint density at radius 3 is 2.55 bits per heavy atom. The molecule has 0 spiro atoms. The number of benzene rings is 1. The highest BCUT2D eigenvalue weighted by atomic mass is 35.5. The number of hydrogen-bond acceptors (Lipinski definition) is 2. The summed E-state index contributed by atoms with van der Waals surface area (Å²) in [6, 6.07) is 3.03. The molecule has 0 aliphatic rings. The summed E-state index contributed by atoms with van der Waals surface area (Å²) in [7, 11) is 0. The van der Waals surface area contributed by atoms with Crippen LogP contribution in [0, 0.1) is 0 Å². The van der Waals surface area contributed by atoms with Crippen LogP contribution >= 0.6 is 11.6 Å². The van der Waals surface area contributed by atoms with E-state index in [9.17, 15) is 22.8 Å². The number of carbonyl (C=O) groups excluding carboxylic acids is 2. The molecule has 0 saturated heterocycles. The molecule has 1 aromatic rings. The normalized spacial score (nSPS) is 11.0. The first kappa shape index (κ1) is 18.0. The van der Waals surface area contributed by atoms with Gasteiger partial charge < -0.3 is 10.2 Å². The summed E-state index contributed by atoms with van der Waals surface area (Å²) >= 11 is 5.55. The zero-order valence-electron chi connectivity index (χ0n) is 11.7. The van der Waals surface area contributed by atoms with Crippen molar-refractivity contribution in [2.24, 2.45) is 0 Å². The largest absolute Gasteiger partial charge is 0.418 e. The molecular weight excluding hydrogens is 321 g/mol. The molecule has 2 amide bonds. The molecule has 0 radical (unpaired) electrons. The lowest BCUT2D eigenvalue weighted by Crippen LogP contribution is -2.36. The minimum Gasteiger partial charge on any atom is -0.330 e. The quantitative estimate of drug-likeness (QED) is 0.840. The van der Waals surface area contributed by atoms with Crippen molar-refractivity contribution >= 4 is 29.1 Å². The van der Waals surface area contributed by atoms with Gasteiger partial charge in [0.25, 0.3) is 0 Å². The topological polar surface area (TPSA) is 49.4 Å². The number of rotatable bonds is 5. The lowest BCUT2D eigenvalue weighted by atomic mass is 10.1. The highest BCUT2D eigenvalue weighted by molar-refractivity contribution is 6.30. The minimum absolute atomic E-state index is 0.0951. The fraction of sp³-hybridized carbons (Fsp3) is 0.286. The van der Waals surface area contributed by atoms with Gasteiger partial charge in [-0.1, -0.05) is 17.7 Å². The maximum absolute atomic E-state index is 12.9. The number of nitrogens with zero attached hydrogens (tertiary/aromatic N) is 1. The van der Waals surface area contributed by atoms with Crippen LogP contribution in [0.25, 0.3) is 0 Å². The Kier molecular flexibility index (Phi) is 5.99. The second-order valence-corrected chi connectivity index (χ2v) is 4.86. The van der Waals surface area contributed by atoms with Gasteiger partial charge >= 0.3 is 6.18 Å². The third-order valence-electron chi connectivity index (χ3n) is 2.69. The van der Waals surface area contributed by atoms with E-state index in [1.54, 1.807) is 0 Å². The number of hydrogen-bond donors (Lipinski definition) is 1. The van der Waals surface area contributed by atoms with E-state index < -0.39 is 23.3 Å². The standard InChI is InChI=1S/C14H14ClF3N2O2/c1-3-6-20(9(2)21)8-13(22)19-12-5-4-10(15)7-11(12)14(16,17)18/h3-5,7H,1,6,8H2,2H3,(H,19,22). The summed E-state index contributed by atoms with van der Waals surface area (Å²) < 4.78 is 38.7. The van der Waals surface area contributed by atoms with Crippen LogP contribution in [0.5, 0.6) is 0 Å². The van der Waals surface area contributed by atoms with Gasteiger partial charge in [-0.3, -0.25) is 9.59 Å². The van der Waals surface area contributed by atoms with Crippen LogP contribution in [0.15, 0.2) is 30.9 Å².